The Bertz CT molecular complexity index is 416. The molecule has 0 saturated heterocycles. The third-order valence-electron chi connectivity index (χ3n) is 2.69. The van der Waals surface area contributed by atoms with Crippen LogP contribution in [0.3, 0.4) is 0 Å². The molecule has 0 radical (unpaired) electrons. The molecule has 0 saturated carbocycles. The first-order valence-electron chi connectivity index (χ1n) is 5.36. The first-order chi connectivity index (χ1) is 8.35. The topological polar surface area (TPSA) is 109 Å². The Labute approximate surface area is 104 Å². The average molecular weight is 256 g/mol. The second-order valence-corrected chi connectivity index (χ2v) is 4.24. The normalized spacial score (nSPS) is 11.1. The smallest absolute Gasteiger partial charge is 0.329 e. The van der Waals surface area contributed by atoms with Crippen molar-refractivity contribution in [2.45, 2.75) is 25.8 Å². The van der Waals surface area contributed by atoms with Gasteiger partial charge >= 0.3 is 12.0 Å². The van der Waals surface area contributed by atoms with Gasteiger partial charge in [-0.1, -0.05) is 5.16 Å². The summed E-state index contributed by atoms with van der Waals surface area (Å²) in [5, 5.41) is 15.0. The summed E-state index contributed by atoms with van der Waals surface area (Å²) in [6.07, 6.45) is 1.67. The summed E-state index contributed by atoms with van der Waals surface area (Å²) in [5.74, 6) is -0.660. The standard InChI is InChI=1S/C10H16N4O4/c1-10(2,8(15)16)14(3)9(17)11-5-4-7-12-6-13-18-7/h6H,4-5H2,1-3H3,(H,11,17)(H,15,16). The number of rotatable bonds is 5. The number of likely N-dealkylation sites (N-methyl/N-ethyl adjacent to an activating group) is 1. The van der Waals surface area contributed by atoms with Crippen LogP contribution in [0, 0.1) is 0 Å². The van der Waals surface area contributed by atoms with Gasteiger partial charge in [-0.3, -0.25) is 0 Å². The summed E-state index contributed by atoms with van der Waals surface area (Å²) in [6.45, 7) is 3.20. The van der Waals surface area contributed by atoms with Crippen molar-refractivity contribution in [1.82, 2.24) is 20.4 Å². The fourth-order valence-corrected chi connectivity index (χ4v) is 1.10. The van der Waals surface area contributed by atoms with Gasteiger partial charge in [0.15, 0.2) is 6.33 Å². The Morgan fingerprint density at radius 2 is 2.22 bits per heavy atom. The third kappa shape index (κ3) is 3.19. The highest BCUT2D eigenvalue weighted by Gasteiger charge is 2.35. The van der Waals surface area contributed by atoms with E-state index in [0.29, 0.717) is 18.9 Å². The molecule has 1 aromatic rings. The molecule has 0 aliphatic rings. The first-order valence-corrected chi connectivity index (χ1v) is 5.36. The molecule has 0 aliphatic carbocycles. The summed E-state index contributed by atoms with van der Waals surface area (Å²) >= 11 is 0. The van der Waals surface area contributed by atoms with E-state index in [1.807, 2.05) is 0 Å². The molecule has 1 heterocycles. The summed E-state index contributed by atoms with van der Waals surface area (Å²) in [7, 11) is 1.43. The van der Waals surface area contributed by atoms with Crippen LogP contribution in [0.2, 0.25) is 0 Å². The zero-order chi connectivity index (χ0) is 13.8. The van der Waals surface area contributed by atoms with Gasteiger partial charge in [-0.25, -0.2) is 9.59 Å². The van der Waals surface area contributed by atoms with Gasteiger partial charge in [0.1, 0.15) is 5.54 Å². The van der Waals surface area contributed by atoms with Gasteiger partial charge in [0, 0.05) is 20.0 Å². The molecule has 0 bridgehead atoms. The van der Waals surface area contributed by atoms with Crippen molar-refractivity contribution < 1.29 is 19.2 Å². The van der Waals surface area contributed by atoms with Crippen molar-refractivity contribution in [3.8, 4) is 0 Å². The number of aromatic nitrogens is 2. The number of amides is 2. The molecule has 0 fully saturated rings. The third-order valence-corrected chi connectivity index (χ3v) is 2.69. The monoisotopic (exact) mass is 256 g/mol. The van der Waals surface area contributed by atoms with Crippen molar-refractivity contribution >= 4 is 12.0 Å². The van der Waals surface area contributed by atoms with Crippen LogP contribution in [0.5, 0.6) is 0 Å². The summed E-state index contributed by atoms with van der Waals surface area (Å²) in [4.78, 5) is 27.6. The lowest BCUT2D eigenvalue weighted by molar-refractivity contribution is -0.146. The number of carboxylic acid groups (broad SMARTS) is 1. The molecule has 1 aromatic heterocycles. The van der Waals surface area contributed by atoms with Crippen molar-refractivity contribution in [1.29, 1.82) is 0 Å². The molecule has 0 atom stereocenters. The Balaban J connectivity index is 2.43. The van der Waals surface area contributed by atoms with Crippen LogP contribution in [-0.2, 0) is 11.2 Å². The number of carbonyl (C=O) groups excluding carboxylic acids is 1. The van der Waals surface area contributed by atoms with E-state index in [0.717, 1.165) is 4.90 Å². The van der Waals surface area contributed by atoms with Crippen LogP contribution < -0.4 is 5.32 Å². The van der Waals surface area contributed by atoms with Gasteiger partial charge in [0.2, 0.25) is 5.89 Å². The van der Waals surface area contributed by atoms with Gasteiger partial charge in [0.25, 0.3) is 0 Å². The van der Waals surface area contributed by atoms with Crippen molar-refractivity contribution in [2.24, 2.45) is 0 Å². The highest BCUT2D eigenvalue weighted by molar-refractivity contribution is 5.85. The molecular formula is C10H16N4O4. The van der Waals surface area contributed by atoms with Gasteiger partial charge in [-0.15, -0.1) is 0 Å². The molecule has 100 valence electrons. The summed E-state index contributed by atoms with van der Waals surface area (Å²) in [5.41, 5.74) is -1.27. The lowest BCUT2D eigenvalue weighted by Gasteiger charge is -2.31. The number of hydrogen-bond acceptors (Lipinski definition) is 5. The van der Waals surface area contributed by atoms with Crippen LogP contribution in [-0.4, -0.2) is 51.3 Å². The molecule has 0 aliphatic heterocycles. The van der Waals surface area contributed by atoms with Gasteiger partial charge in [-0.05, 0) is 13.8 Å². The molecule has 2 amide bonds. The molecule has 2 N–H and O–H groups in total. The number of nitrogens with zero attached hydrogens (tertiary/aromatic N) is 3. The van der Waals surface area contributed by atoms with Crippen LogP contribution >= 0.6 is 0 Å². The van der Waals surface area contributed by atoms with Crippen molar-refractivity contribution in [3.63, 3.8) is 0 Å². The maximum absolute atomic E-state index is 11.7. The number of urea groups is 1. The lowest BCUT2D eigenvalue weighted by atomic mass is 10.1. The highest BCUT2D eigenvalue weighted by Crippen LogP contribution is 2.12. The molecule has 0 spiro atoms. The number of carboxylic acids is 1. The van der Waals surface area contributed by atoms with E-state index in [2.05, 4.69) is 15.5 Å². The zero-order valence-corrected chi connectivity index (χ0v) is 10.5. The lowest BCUT2D eigenvalue weighted by Crippen LogP contribution is -2.54. The molecule has 8 heteroatoms. The van der Waals surface area contributed by atoms with E-state index in [9.17, 15) is 9.59 Å². The first kappa shape index (κ1) is 13.9. The number of aliphatic carboxylic acids is 1. The predicted molar refractivity (Wildman–Crippen MR) is 60.9 cm³/mol. The van der Waals surface area contributed by atoms with Gasteiger partial charge in [-0.2, -0.15) is 4.98 Å². The minimum Gasteiger partial charge on any atom is -0.480 e. The molecule has 8 nitrogen and oxygen atoms in total. The summed E-state index contributed by atoms with van der Waals surface area (Å²) < 4.78 is 4.76. The maximum atomic E-state index is 11.7. The minimum absolute atomic E-state index is 0.293. The Kier molecular flexibility index (Phi) is 4.24. The molecule has 1 rings (SSSR count). The van der Waals surface area contributed by atoms with E-state index < -0.39 is 17.5 Å². The Morgan fingerprint density at radius 3 is 2.72 bits per heavy atom. The fraction of sp³-hybridized carbons (Fsp3) is 0.600. The van der Waals surface area contributed by atoms with Crippen LogP contribution in [0.4, 0.5) is 4.79 Å². The van der Waals surface area contributed by atoms with E-state index in [4.69, 9.17) is 9.63 Å². The molecule has 0 unspecified atom stereocenters. The fourth-order valence-electron chi connectivity index (χ4n) is 1.10. The zero-order valence-electron chi connectivity index (χ0n) is 10.5. The van der Waals surface area contributed by atoms with E-state index in [1.54, 1.807) is 0 Å². The number of nitrogens with one attached hydrogen (secondary N) is 1. The largest absolute Gasteiger partial charge is 0.480 e. The average Bonchev–Trinajstić information content (AvgIpc) is 2.80. The quantitative estimate of drug-likeness (QED) is 0.774. The molecule has 18 heavy (non-hydrogen) atoms. The van der Waals surface area contributed by atoms with Gasteiger partial charge < -0.3 is 19.8 Å². The van der Waals surface area contributed by atoms with E-state index in [1.165, 1.54) is 27.2 Å². The highest BCUT2D eigenvalue weighted by atomic mass is 16.5. The predicted octanol–water partition coefficient (Wildman–Crippen LogP) is 0.117. The van der Waals surface area contributed by atoms with Crippen LogP contribution in [0.25, 0.3) is 0 Å². The molecule has 0 aromatic carbocycles. The Hall–Kier alpha value is -2.12. The number of carbonyl (C=O) groups is 2. The van der Waals surface area contributed by atoms with Crippen LogP contribution in [0.15, 0.2) is 10.9 Å². The minimum atomic E-state index is -1.27. The maximum Gasteiger partial charge on any atom is 0.329 e. The SMILES string of the molecule is CN(C(=O)NCCc1ncno1)C(C)(C)C(=O)O. The Morgan fingerprint density at radius 1 is 1.56 bits per heavy atom. The second kappa shape index (κ2) is 5.48. The van der Waals surface area contributed by atoms with Crippen molar-refractivity contribution in [2.75, 3.05) is 13.6 Å². The van der Waals surface area contributed by atoms with E-state index in [-0.39, 0.29) is 0 Å². The number of hydrogen-bond donors (Lipinski definition) is 2. The molecular weight excluding hydrogens is 240 g/mol. The van der Waals surface area contributed by atoms with E-state index >= 15 is 0 Å². The van der Waals surface area contributed by atoms with Crippen molar-refractivity contribution in [3.05, 3.63) is 12.2 Å². The van der Waals surface area contributed by atoms with Crippen LogP contribution in [0.1, 0.15) is 19.7 Å². The second-order valence-electron chi connectivity index (χ2n) is 4.24. The summed E-state index contributed by atoms with van der Waals surface area (Å²) in [6, 6.07) is -0.470. The van der Waals surface area contributed by atoms with Gasteiger partial charge in [0.05, 0.1) is 0 Å².